The smallest absolute Gasteiger partial charge is 0.407 e. The lowest BCUT2D eigenvalue weighted by molar-refractivity contribution is -0.121. The molecule has 0 saturated carbocycles. The molecule has 0 heterocycles. The van der Waals surface area contributed by atoms with E-state index in [0.29, 0.717) is 39.1 Å². The molecular weight excluding hydrogens is 282 g/mol. The molecular formula is C16H25N3O3. The van der Waals surface area contributed by atoms with Crippen LogP contribution in [0.2, 0.25) is 0 Å². The number of nitrogens with two attached hydrogens (primary N) is 1. The van der Waals surface area contributed by atoms with E-state index in [0.717, 1.165) is 12.0 Å². The SMILES string of the molecule is CCOC(=O)NCCCC(=O)NCCc1ccc(CN)cc1. The lowest BCUT2D eigenvalue weighted by Gasteiger charge is -2.07. The maximum atomic E-state index is 11.6. The highest BCUT2D eigenvalue weighted by molar-refractivity contribution is 5.75. The minimum Gasteiger partial charge on any atom is -0.450 e. The van der Waals surface area contributed by atoms with Gasteiger partial charge in [-0.25, -0.2) is 4.79 Å². The first kappa shape index (κ1) is 18.0. The van der Waals surface area contributed by atoms with E-state index in [1.165, 1.54) is 5.56 Å². The van der Waals surface area contributed by atoms with Crippen molar-refractivity contribution in [3.05, 3.63) is 35.4 Å². The Hall–Kier alpha value is -2.08. The summed E-state index contributed by atoms with van der Waals surface area (Å²) in [6.07, 6.45) is 1.33. The van der Waals surface area contributed by atoms with Crippen molar-refractivity contribution in [3.63, 3.8) is 0 Å². The summed E-state index contributed by atoms with van der Waals surface area (Å²) >= 11 is 0. The van der Waals surface area contributed by atoms with E-state index in [-0.39, 0.29) is 5.91 Å². The second-order valence-electron chi connectivity index (χ2n) is 4.87. The van der Waals surface area contributed by atoms with E-state index >= 15 is 0 Å². The van der Waals surface area contributed by atoms with Crippen LogP contribution in [-0.4, -0.2) is 31.7 Å². The van der Waals surface area contributed by atoms with Crippen LogP contribution < -0.4 is 16.4 Å². The van der Waals surface area contributed by atoms with Gasteiger partial charge in [-0.2, -0.15) is 0 Å². The van der Waals surface area contributed by atoms with Gasteiger partial charge in [-0.1, -0.05) is 24.3 Å². The summed E-state index contributed by atoms with van der Waals surface area (Å²) < 4.78 is 4.72. The number of carbonyl (C=O) groups is 2. The Morgan fingerprint density at radius 3 is 2.41 bits per heavy atom. The number of alkyl carbamates (subject to hydrolysis) is 1. The molecule has 0 aromatic heterocycles. The molecule has 6 heteroatoms. The Balaban J connectivity index is 2.09. The van der Waals surface area contributed by atoms with Gasteiger partial charge in [0.25, 0.3) is 0 Å². The molecule has 4 N–H and O–H groups in total. The van der Waals surface area contributed by atoms with Gasteiger partial charge in [-0.15, -0.1) is 0 Å². The van der Waals surface area contributed by atoms with Crippen molar-refractivity contribution >= 4 is 12.0 Å². The zero-order chi connectivity index (χ0) is 16.2. The average Bonchev–Trinajstić information content (AvgIpc) is 2.52. The van der Waals surface area contributed by atoms with E-state index in [4.69, 9.17) is 10.5 Å². The molecule has 0 atom stereocenters. The number of rotatable bonds is 9. The van der Waals surface area contributed by atoms with Crippen molar-refractivity contribution in [2.45, 2.75) is 32.7 Å². The van der Waals surface area contributed by atoms with Gasteiger partial charge in [0.15, 0.2) is 0 Å². The average molecular weight is 307 g/mol. The van der Waals surface area contributed by atoms with Gasteiger partial charge in [0.1, 0.15) is 0 Å². The van der Waals surface area contributed by atoms with Crippen molar-refractivity contribution < 1.29 is 14.3 Å². The molecule has 6 nitrogen and oxygen atoms in total. The second-order valence-corrected chi connectivity index (χ2v) is 4.87. The molecule has 0 aliphatic heterocycles. The van der Waals surface area contributed by atoms with Gasteiger partial charge >= 0.3 is 6.09 Å². The lowest BCUT2D eigenvalue weighted by atomic mass is 10.1. The number of ether oxygens (including phenoxy) is 1. The molecule has 1 aromatic carbocycles. The third-order valence-electron chi connectivity index (χ3n) is 3.12. The van der Waals surface area contributed by atoms with E-state index in [1.54, 1.807) is 6.92 Å². The molecule has 0 aliphatic rings. The van der Waals surface area contributed by atoms with Gasteiger partial charge in [0.05, 0.1) is 6.61 Å². The van der Waals surface area contributed by atoms with Gasteiger partial charge in [-0.05, 0) is 30.9 Å². The first-order valence-corrected chi connectivity index (χ1v) is 7.61. The molecule has 1 aromatic rings. The molecule has 0 spiro atoms. The highest BCUT2D eigenvalue weighted by Gasteiger charge is 2.03. The Labute approximate surface area is 131 Å². The van der Waals surface area contributed by atoms with Crippen molar-refractivity contribution in [2.75, 3.05) is 19.7 Å². The predicted octanol–water partition coefficient (Wildman–Crippen LogP) is 1.33. The summed E-state index contributed by atoms with van der Waals surface area (Å²) in [5.74, 6) is -0.00997. The topological polar surface area (TPSA) is 93.4 Å². The van der Waals surface area contributed by atoms with Crippen LogP contribution in [0.1, 0.15) is 30.9 Å². The van der Waals surface area contributed by atoms with Crippen molar-refractivity contribution in [2.24, 2.45) is 5.73 Å². The minimum absolute atomic E-state index is 0.00997. The van der Waals surface area contributed by atoms with Crippen molar-refractivity contribution in [3.8, 4) is 0 Å². The third-order valence-corrected chi connectivity index (χ3v) is 3.12. The normalized spacial score (nSPS) is 10.1. The van der Waals surface area contributed by atoms with Gasteiger partial charge in [0.2, 0.25) is 5.91 Å². The zero-order valence-electron chi connectivity index (χ0n) is 13.1. The molecule has 0 aliphatic carbocycles. The van der Waals surface area contributed by atoms with Crippen LogP contribution in [0.3, 0.4) is 0 Å². The molecule has 1 rings (SSSR count). The summed E-state index contributed by atoms with van der Waals surface area (Å²) in [6, 6.07) is 8.05. The Morgan fingerprint density at radius 2 is 1.77 bits per heavy atom. The number of amides is 2. The minimum atomic E-state index is -0.441. The maximum Gasteiger partial charge on any atom is 0.407 e. The summed E-state index contributed by atoms with van der Waals surface area (Å²) in [5, 5.41) is 5.45. The molecule has 0 saturated heterocycles. The Kier molecular flexibility index (Phi) is 8.67. The molecule has 0 fully saturated rings. The number of hydrogen-bond donors (Lipinski definition) is 3. The molecule has 22 heavy (non-hydrogen) atoms. The summed E-state index contributed by atoms with van der Waals surface area (Å²) in [5.41, 5.74) is 7.81. The Bertz CT molecular complexity index is 460. The fraction of sp³-hybridized carbons (Fsp3) is 0.500. The Morgan fingerprint density at radius 1 is 1.09 bits per heavy atom. The van der Waals surface area contributed by atoms with Gasteiger partial charge in [-0.3, -0.25) is 4.79 Å². The molecule has 122 valence electrons. The van der Waals surface area contributed by atoms with Crippen molar-refractivity contribution in [1.82, 2.24) is 10.6 Å². The van der Waals surface area contributed by atoms with Crippen molar-refractivity contribution in [1.29, 1.82) is 0 Å². The van der Waals surface area contributed by atoms with Crippen LogP contribution in [-0.2, 0) is 22.5 Å². The zero-order valence-corrected chi connectivity index (χ0v) is 13.1. The molecule has 2 amide bonds. The third kappa shape index (κ3) is 7.64. The van der Waals surface area contributed by atoms with E-state index < -0.39 is 6.09 Å². The van der Waals surface area contributed by atoms with Crippen LogP contribution >= 0.6 is 0 Å². The maximum absolute atomic E-state index is 11.6. The molecule has 0 unspecified atom stereocenters. The van der Waals surface area contributed by atoms with Gasteiger partial charge in [0, 0.05) is 26.1 Å². The fourth-order valence-electron chi connectivity index (χ4n) is 1.90. The standard InChI is InChI=1S/C16H25N3O3/c1-2-22-16(21)19-10-3-4-15(20)18-11-9-13-5-7-14(12-17)8-6-13/h5-8H,2-4,9-12,17H2,1H3,(H,18,20)(H,19,21). The van der Waals surface area contributed by atoms with Crippen LogP contribution in [0.15, 0.2) is 24.3 Å². The quantitative estimate of drug-likeness (QED) is 0.600. The second kappa shape index (κ2) is 10.6. The monoisotopic (exact) mass is 307 g/mol. The predicted molar refractivity (Wildman–Crippen MR) is 85.3 cm³/mol. The van der Waals surface area contributed by atoms with Gasteiger partial charge < -0.3 is 21.1 Å². The highest BCUT2D eigenvalue weighted by atomic mass is 16.5. The molecule has 0 bridgehead atoms. The number of carbonyl (C=O) groups excluding carboxylic acids is 2. The van der Waals surface area contributed by atoms with Crippen LogP contribution in [0, 0.1) is 0 Å². The first-order chi connectivity index (χ1) is 10.7. The highest BCUT2D eigenvalue weighted by Crippen LogP contribution is 2.04. The number of nitrogens with one attached hydrogen (secondary N) is 2. The first-order valence-electron chi connectivity index (χ1n) is 7.61. The largest absolute Gasteiger partial charge is 0.450 e. The van der Waals surface area contributed by atoms with Crippen LogP contribution in [0.5, 0.6) is 0 Å². The summed E-state index contributed by atoms with van der Waals surface area (Å²) in [4.78, 5) is 22.7. The summed E-state index contributed by atoms with van der Waals surface area (Å²) in [6.45, 7) is 3.67. The fourth-order valence-corrected chi connectivity index (χ4v) is 1.90. The summed E-state index contributed by atoms with van der Waals surface area (Å²) in [7, 11) is 0. The van der Waals surface area contributed by atoms with Crippen LogP contribution in [0.4, 0.5) is 4.79 Å². The van der Waals surface area contributed by atoms with E-state index in [1.807, 2.05) is 24.3 Å². The van der Waals surface area contributed by atoms with E-state index in [9.17, 15) is 9.59 Å². The van der Waals surface area contributed by atoms with Crippen LogP contribution in [0.25, 0.3) is 0 Å². The number of benzene rings is 1. The molecule has 0 radical (unpaired) electrons. The lowest BCUT2D eigenvalue weighted by Crippen LogP contribution is -2.28. The van der Waals surface area contributed by atoms with E-state index in [2.05, 4.69) is 10.6 Å². The number of hydrogen-bond acceptors (Lipinski definition) is 4.